The third-order valence-corrected chi connectivity index (χ3v) is 2.30. The van der Waals surface area contributed by atoms with E-state index in [1.54, 1.807) is 29.2 Å². The first kappa shape index (κ1) is 9.52. The highest BCUT2D eigenvalue weighted by Crippen LogP contribution is 2.19. The van der Waals surface area contributed by atoms with Crippen molar-refractivity contribution < 1.29 is 14.4 Å². The number of hydrogen-bond donors (Lipinski definition) is 1. The second kappa shape index (κ2) is 3.41. The van der Waals surface area contributed by atoms with E-state index in [1.165, 1.54) is 6.07 Å². The summed E-state index contributed by atoms with van der Waals surface area (Å²) in [5.74, 6) is -1.36. The van der Waals surface area contributed by atoms with Gasteiger partial charge in [-0.25, -0.2) is 9.78 Å². The van der Waals surface area contributed by atoms with Crippen molar-refractivity contribution in [2.24, 2.45) is 0 Å². The van der Waals surface area contributed by atoms with Crippen LogP contribution in [0.25, 0.3) is 17.0 Å². The van der Waals surface area contributed by atoms with E-state index in [1.807, 2.05) is 0 Å². The molecule has 3 aromatic heterocycles. The summed E-state index contributed by atoms with van der Waals surface area (Å²) in [6.07, 6.45) is 6.51. The molecule has 0 radical (unpaired) electrons. The largest absolute Gasteiger partial charge is 0.475 e. The van der Waals surface area contributed by atoms with E-state index in [0.717, 1.165) is 0 Å². The molecule has 3 rings (SSSR count). The molecule has 3 heterocycles. The number of carboxylic acid groups (broad SMARTS) is 1. The summed E-state index contributed by atoms with van der Waals surface area (Å²) in [5, 5.41) is 12.4. The molecule has 7 nitrogen and oxygen atoms in total. The van der Waals surface area contributed by atoms with Crippen LogP contribution in [0.5, 0.6) is 0 Å². The third-order valence-electron chi connectivity index (χ3n) is 2.30. The fraction of sp³-hybridized carbons (Fsp3) is 0. The van der Waals surface area contributed by atoms with Gasteiger partial charge < -0.3 is 9.63 Å². The highest BCUT2D eigenvalue weighted by atomic mass is 16.5. The Morgan fingerprint density at radius 2 is 2.29 bits per heavy atom. The molecule has 0 fully saturated rings. The minimum absolute atomic E-state index is 0.205. The number of aromatic nitrogens is 4. The molecule has 0 saturated heterocycles. The first-order chi connectivity index (χ1) is 8.25. The normalized spacial score (nSPS) is 10.8. The molecule has 84 valence electrons. The maximum absolute atomic E-state index is 10.7. The SMILES string of the molecule is O=C(O)c1cc(-c2cnc3cnccn23)no1. The van der Waals surface area contributed by atoms with Crippen LogP contribution in [0.15, 0.2) is 35.4 Å². The quantitative estimate of drug-likeness (QED) is 0.708. The van der Waals surface area contributed by atoms with Crippen LogP contribution in [0.2, 0.25) is 0 Å². The Hall–Kier alpha value is -2.70. The molecular formula is C10H6N4O3. The van der Waals surface area contributed by atoms with Gasteiger partial charge in [0.1, 0.15) is 5.69 Å². The van der Waals surface area contributed by atoms with Crippen LogP contribution in [0.3, 0.4) is 0 Å². The molecule has 0 bridgehead atoms. The average molecular weight is 230 g/mol. The lowest BCUT2D eigenvalue weighted by Crippen LogP contribution is -1.92. The standard InChI is InChI=1S/C10H6N4O3/c15-10(16)8-3-6(13-17-8)7-4-12-9-5-11-1-2-14(7)9/h1-5H,(H,15,16). The number of rotatable bonds is 2. The lowest BCUT2D eigenvalue weighted by atomic mass is 10.3. The molecule has 0 amide bonds. The van der Waals surface area contributed by atoms with Gasteiger partial charge in [0, 0.05) is 18.5 Å². The molecule has 0 atom stereocenters. The van der Waals surface area contributed by atoms with Crippen molar-refractivity contribution in [3.05, 3.63) is 36.6 Å². The molecule has 7 heteroatoms. The smallest absolute Gasteiger partial charge is 0.374 e. The Labute approximate surface area is 94.3 Å². The molecule has 3 aromatic rings. The number of imidazole rings is 1. The lowest BCUT2D eigenvalue weighted by Gasteiger charge is -1.94. The van der Waals surface area contributed by atoms with E-state index in [2.05, 4.69) is 15.1 Å². The van der Waals surface area contributed by atoms with Crippen molar-refractivity contribution in [3.63, 3.8) is 0 Å². The van der Waals surface area contributed by atoms with Crippen LogP contribution in [-0.2, 0) is 0 Å². The Balaban J connectivity index is 2.17. The molecular weight excluding hydrogens is 224 g/mol. The van der Waals surface area contributed by atoms with Gasteiger partial charge in [-0.3, -0.25) is 9.38 Å². The topological polar surface area (TPSA) is 93.5 Å². The first-order valence-corrected chi connectivity index (χ1v) is 4.73. The molecule has 0 aliphatic heterocycles. The van der Waals surface area contributed by atoms with Crippen molar-refractivity contribution in [2.45, 2.75) is 0 Å². The summed E-state index contributed by atoms with van der Waals surface area (Å²) < 4.78 is 6.44. The molecule has 0 spiro atoms. The summed E-state index contributed by atoms with van der Waals surface area (Å²) in [5.41, 5.74) is 1.72. The van der Waals surface area contributed by atoms with Gasteiger partial charge in [-0.15, -0.1) is 0 Å². The molecule has 1 N–H and O–H groups in total. The highest BCUT2D eigenvalue weighted by Gasteiger charge is 2.15. The van der Waals surface area contributed by atoms with Crippen LogP contribution in [0, 0.1) is 0 Å². The second-order valence-electron chi connectivity index (χ2n) is 3.33. The van der Waals surface area contributed by atoms with Gasteiger partial charge in [-0.05, 0) is 0 Å². The van der Waals surface area contributed by atoms with Crippen molar-refractivity contribution in [1.29, 1.82) is 0 Å². The molecule has 0 aliphatic rings. The van der Waals surface area contributed by atoms with Crippen molar-refractivity contribution >= 4 is 11.6 Å². The van der Waals surface area contributed by atoms with Gasteiger partial charge in [0.25, 0.3) is 0 Å². The van der Waals surface area contributed by atoms with Gasteiger partial charge in [0.15, 0.2) is 5.65 Å². The zero-order valence-corrected chi connectivity index (χ0v) is 8.44. The fourth-order valence-electron chi connectivity index (χ4n) is 1.53. The van der Waals surface area contributed by atoms with Crippen molar-refractivity contribution in [2.75, 3.05) is 0 Å². The van der Waals surface area contributed by atoms with Crippen LogP contribution >= 0.6 is 0 Å². The number of nitrogens with zero attached hydrogens (tertiary/aromatic N) is 4. The predicted molar refractivity (Wildman–Crippen MR) is 55.4 cm³/mol. The number of fused-ring (bicyclic) bond motifs is 1. The molecule has 17 heavy (non-hydrogen) atoms. The summed E-state index contributed by atoms with van der Waals surface area (Å²) in [7, 11) is 0. The number of aromatic carboxylic acids is 1. The first-order valence-electron chi connectivity index (χ1n) is 4.73. The summed E-state index contributed by atoms with van der Waals surface area (Å²) >= 11 is 0. The summed E-state index contributed by atoms with van der Waals surface area (Å²) in [6, 6.07) is 1.35. The highest BCUT2D eigenvalue weighted by molar-refractivity contribution is 5.85. The number of carboxylic acids is 1. The maximum atomic E-state index is 10.7. The van der Waals surface area contributed by atoms with Crippen molar-refractivity contribution in [3.8, 4) is 11.4 Å². The van der Waals surface area contributed by atoms with E-state index in [-0.39, 0.29) is 5.76 Å². The molecule has 0 unspecified atom stereocenters. The van der Waals surface area contributed by atoms with E-state index < -0.39 is 5.97 Å². The monoisotopic (exact) mass is 230 g/mol. The maximum Gasteiger partial charge on any atom is 0.374 e. The van der Waals surface area contributed by atoms with Crippen LogP contribution in [0.1, 0.15) is 10.6 Å². The van der Waals surface area contributed by atoms with Crippen LogP contribution < -0.4 is 0 Å². The Morgan fingerprint density at radius 3 is 3.06 bits per heavy atom. The number of hydrogen-bond acceptors (Lipinski definition) is 5. The summed E-state index contributed by atoms with van der Waals surface area (Å²) in [4.78, 5) is 18.7. The Morgan fingerprint density at radius 1 is 1.41 bits per heavy atom. The van der Waals surface area contributed by atoms with Gasteiger partial charge in [0.05, 0.1) is 18.1 Å². The summed E-state index contributed by atoms with van der Waals surface area (Å²) in [6.45, 7) is 0. The van der Waals surface area contributed by atoms with E-state index in [9.17, 15) is 4.79 Å². The second-order valence-corrected chi connectivity index (χ2v) is 3.33. The van der Waals surface area contributed by atoms with Crippen molar-refractivity contribution in [1.82, 2.24) is 19.5 Å². The molecule has 0 aromatic carbocycles. The average Bonchev–Trinajstić information content (AvgIpc) is 2.95. The molecule has 0 saturated carbocycles. The van der Waals surface area contributed by atoms with Crippen LogP contribution in [0.4, 0.5) is 0 Å². The fourth-order valence-corrected chi connectivity index (χ4v) is 1.53. The number of carbonyl (C=O) groups is 1. The minimum Gasteiger partial charge on any atom is -0.475 e. The van der Waals surface area contributed by atoms with E-state index in [0.29, 0.717) is 17.0 Å². The van der Waals surface area contributed by atoms with Gasteiger partial charge in [0.2, 0.25) is 5.76 Å². The minimum atomic E-state index is -1.15. The zero-order chi connectivity index (χ0) is 11.8. The van der Waals surface area contributed by atoms with Crippen LogP contribution in [-0.4, -0.2) is 30.6 Å². The van der Waals surface area contributed by atoms with Gasteiger partial charge in [-0.1, -0.05) is 5.16 Å². The molecule has 0 aliphatic carbocycles. The van der Waals surface area contributed by atoms with Gasteiger partial charge >= 0.3 is 5.97 Å². The van der Waals surface area contributed by atoms with E-state index in [4.69, 9.17) is 9.63 Å². The predicted octanol–water partition coefficient (Wildman–Crippen LogP) is 1.08. The lowest BCUT2D eigenvalue weighted by molar-refractivity contribution is 0.0652. The Kier molecular flexibility index (Phi) is 1.91. The van der Waals surface area contributed by atoms with Gasteiger partial charge in [-0.2, -0.15) is 0 Å². The third kappa shape index (κ3) is 1.44. The Bertz CT molecular complexity index is 700. The zero-order valence-electron chi connectivity index (χ0n) is 8.44. The van der Waals surface area contributed by atoms with E-state index >= 15 is 0 Å².